The standard InChI is InChI=1S/C14H20N2O2S/c1-10(17)11-4-6-12(7-5-11)16-14(18)15-9-13-3-2-8-19-13/h4-7,10,13,17H,2-3,8-9H2,1H3,(H2,15,16,18). The fourth-order valence-electron chi connectivity index (χ4n) is 2.03. The lowest BCUT2D eigenvalue weighted by atomic mass is 10.1. The number of nitrogens with one attached hydrogen (secondary N) is 2. The molecule has 0 aliphatic carbocycles. The summed E-state index contributed by atoms with van der Waals surface area (Å²) in [5.74, 6) is 1.20. The van der Waals surface area contributed by atoms with E-state index in [0.717, 1.165) is 17.8 Å². The van der Waals surface area contributed by atoms with Crippen LogP contribution in [0.1, 0.15) is 31.4 Å². The normalized spacial score (nSPS) is 20.0. The second-order valence-electron chi connectivity index (χ2n) is 4.77. The third-order valence-corrected chi connectivity index (χ3v) is 4.56. The Morgan fingerprint density at radius 3 is 2.79 bits per heavy atom. The predicted molar refractivity (Wildman–Crippen MR) is 79.6 cm³/mol. The molecular weight excluding hydrogens is 260 g/mol. The minimum Gasteiger partial charge on any atom is -0.389 e. The minimum atomic E-state index is -0.484. The van der Waals surface area contributed by atoms with Gasteiger partial charge in [0.15, 0.2) is 0 Å². The zero-order chi connectivity index (χ0) is 13.7. The van der Waals surface area contributed by atoms with Gasteiger partial charge in [-0.15, -0.1) is 0 Å². The lowest BCUT2D eigenvalue weighted by Crippen LogP contribution is -2.33. The third kappa shape index (κ3) is 4.44. The molecule has 5 heteroatoms. The van der Waals surface area contributed by atoms with Crippen LogP contribution in [-0.2, 0) is 0 Å². The molecule has 0 spiro atoms. The van der Waals surface area contributed by atoms with Gasteiger partial charge in [0, 0.05) is 17.5 Å². The molecule has 2 amide bonds. The number of rotatable bonds is 4. The van der Waals surface area contributed by atoms with E-state index in [2.05, 4.69) is 10.6 Å². The Labute approximate surface area is 118 Å². The van der Waals surface area contributed by atoms with Crippen molar-refractivity contribution in [3.63, 3.8) is 0 Å². The van der Waals surface area contributed by atoms with E-state index in [1.165, 1.54) is 18.6 Å². The van der Waals surface area contributed by atoms with Crippen molar-refractivity contribution in [1.29, 1.82) is 0 Å². The fraction of sp³-hybridized carbons (Fsp3) is 0.500. The number of thioether (sulfide) groups is 1. The van der Waals surface area contributed by atoms with Gasteiger partial charge in [0.05, 0.1) is 6.10 Å². The van der Waals surface area contributed by atoms with Crippen molar-refractivity contribution in [2.45, 2.75) is 31.1 Å². The molecule has 2 atom stereocenters. The van der Waals surface area contributed by atoms with E-state index < -0.39 is 6.10 Å². The maximum absolute atomic E-state index is 11.7. The number of amides is 2. The number of hydrogen-bond acceptors (Lipinski definition) is 3. The zero-order valence-corrected chi connectivity index (χ0v) is 11.9. The largest absolute Gasteiger partial charge is 0.389 e. The van der Waals surface area contributed by atoms with Crippen LogP contribution >= 0.6 is 11.8 Å². The summed E-state index contributed by atoms with van der Waals surface area (Å²) in [6.07, 6.45) is 1.95. The highest BCUT2D eigenvalue weighted by atomic mass is 32.2. The summed E-state index contributed by atoms with van der Waals surface area (Å²) in [4.78, 5) is 11.7. The van der Waals surface area contributed by atoms with Crippen molar-refractivity contribution in [3.8, 4) is 0 Å². The molecule has 1 aromatic carbocycles. The molecule has 1 fully saturated rings. The van der Waals surface area contributed by atoms with E-state index in [-0.39, 0.29) is 6.03 Å². The molecule has 104 valence electrons. The molecule has 0 saturated carbocycles. The molecule has 2 rings (SSSR count). The average Bonchev–Trinajstić information content (AvgIpc) is 2.90. The molecular formula is C14H20N2O2S. The van der Waals surface area contributed by atoms with Gasteiger partial charge in [-0.05, 0) is 43.2 Å². The second-order valence-corrected chi connectivity index (χ2v) is 6.18. The monoisotopic (exact) mass is 280 g/mol. The topological polar surface area (TPSA) is 61.4 Å². The number of aliphatic hydroxyl groups excluding tert-OH is 1. The maximum Gasteiger partial charge on any atom is 0.319 e. The minimum absolute atomic E-state index is 0.169. The number of anilines is 1. The molecule has 3 N–H and O–H groups in total. The van der Waals surface area contributed by atoms with Crippen LogP contribution in [-0.4, -0.2) is 28.7 Å². The second kappa shape index (κ2) is 6.82. The Morgan fingerprint density at radius 2 is 2.21 bits per heavy atom. The Kier molecular flexibility index (Phi) is 5.10. The Hall–Kier alpha value is -1.20. The van der Waals surface area contributed by atoms with Crippen LogP contribution in [0, 0.1) is 0 Å². The lowest BCUT2D eigenvalue weighted by molar-refractivity contribution is 0.199. The van der Waals surface area contributed by atoms with Crippen LogP contribution in [0.3, 0.4) is 0 Å². The SMILES string of the molecule is CC(O)c1ccc(NC(=O)NCC2CCCS2)cc1. The molecule has 1 aromatic rings. The molecule has 1 saturated heterocycles. The number of urea groups is 1. The fourth-order valence-corrected chi connectivity index (χ4v) is 3.23. The van der Waals surface area contributed by atoms with Crippen LogP contribution < -0.4 is 10.6 Å². The van der Waals surface area contributed by atoms with Gasteiger partial charge in [-0.25, -0.2) is 4.79 Å². The van der Waals surface area contributed by atoms with Crippen molar-refractivity contribution in [1.82, 2.24) is 5.32 Å². The Bertz CT molecular complexity index is 414. The van der Waals surface area contributed by atoms with Crippen molar-refractivity contribution in [2.75, 3.05) is 17.6 Å². The molecule has 2 unspecified atom stereocenters. The van der Waals surface area contributed by atoms with Gasteiger partial charge < -0.3 is 15.7 Å². The van der Waals surface area contributed by atoms with E-state index in [9.17, 15) is 9.90 Å². The zero-order valence-electron chi connectivity index (χ0n) is 11.1. The summed E-state index contributed by atoms with van der Waals surface area (Å²) in [5.41, 5.74) is 1.58. The molecule has 1 heterocycles. The highest BCUT2D eigenvalue weighted by molar-refractivity contribution is 8.00. The molecule has 1 aliphatic heterocycles. The van der Waals surface area contributed by atoms with Crippen LogP contribution in [0.2, 0.25) is 0 Å². The lowest BCUT2D eigenvalue weighted by Gasteiger charge is -2.12. The highest BCUT2D eigenvalue weighted by Crippen LogP contribution is 2.25. The van der Waals surface area contributed by atoms with Gasteiger partial charge in [0.2, 0.25) is 0 Å². The first-order valence-electron chi connectivity index (χ1n) is 6.59. The quantitative estimate of drug-likeness (QED) is 0.794. The predicted octanol–water partition coefficient (Wildman–Crippen LogP) is 2.76. The molecule has 0 radical (unpaired) electrons. The maximum atomic E-state index is 11.7. The van der Waals surface area contributed by atoms with Crippen molar-refractivity contribution in [3.05, 3.63) is 29.8 Å². The number of carbonyl (C=O) groups excluding carboxylic acids is 1. The van der Waals surface area contributed by atoms with E-state index in [0.29, 0.717) is 5.25 Å². The number of benzene rings is 1. The van der Waals surface area contributed by atoms with Crippen LogP contribution in [0.15, 0.2) is 24.3 Å². The number of carbonyl (C=O) groups is 1. The summed E-state index contributed by atoms with van der Waals surface area (Å²) < 4.78 is 0. The Balaban J connectivity index is 1.77. The van der Waals surface area contributed by atoms with E-state index in [1.54, 1.807) is 19.1 Å². The van der Waals surface area contributed by atoms with Gasteiger partial charge in [-0.2, -0.15) is 11.8 Å². The molecule has 0 bridgehead atoms. The summed E-state index contributed by atoms with van der Waals surface area (Å²) in [6.45, 7) is 2.44. The first-order valence-corrected chi connectivity index (χ1v) is 7.64. The third-order valence-electron chi connectivity index (χ3n) is 3.17. The van der Waals surface area contributed by atoms with Crippen molar-refractivity contribution >= 4 is 23.5 Å². The Morgan fingerprint density at radius 1 is 1.47 bits per heavy atom. The van der Waals surface area contributed by atoms with Gasteiger partial charge >= 0.3 is 6.03 Å². The van der Waals surface area contributed by atoms with Gasteiger partial charge in [-0.3, -0.25) is 0 Å². The summed E-state index contributed by atoms with van der Waals surface area (Å²) in [5, 5.41) is 15.6. The number of hydrogen-bond donors (Lipinski definition) is 3. The average molecular weight is 280 g/mol. The van der Waals surface area contributed by atoms with Crippen molar-refractivity contribution < 1.29 is 9.90 Å². The molecule has 4 nitrogen and oxygen atoms in total. The smallest absolute Gasteiger partial charge is 0.319 e. The highest BCUT2D eigenvalue weighted by Gasteiger charge is 2.16. The van der Waals surface area contributed by atoms with Gasteiger partial charge in [-0.1, -0.05) is 12.1 Å². The summed E-state index contributed by atoms with van der Waals surface area (Å²) in [7, 11) is 0. The number of aliphatic hydroxyl groups is 1. The van der Waals surface area contributed by atoms with Crippen LogP contribution in [0.5, 0.6) is 0 Å². The summed E-state index contributed by atoms with van der Waals surface area (Å²) in [6, 6.07) is 7.05. The van der Waals surface area contributed by atoms with Gasteiger partial charge in [0.1, 0.15) is 0 Å². The molecule has 19 heavy (non-hydrogen) atoms. The van der Waals surface area contributed by atoms with E-state index in [4.69, 9.17) is 0 Å². The van der Waals surface area contributed by atoms with Crippen molar-refractivity contribution in [2.24, 2.45) is 0 Å². The molecule has 0 aromatic heterocycles. The van der Waals surface area contributed by atoms with Crippen LogP contribution in [0.25, 0.3) is 0 Å². The van der Waals surface area contributed by atoms with Crippen LogP contribution in [0.4, 0.5) is 10.5 Å². The first kappa shape index (κ1) is 14.2. The molecule has 1 aliphatic rings. The van der Waals surface area contributed by atoms with Gasteiger partial charge in [0.25, 0.3) is 0 Å². The van der Waals surface area contributed by atoms with E-state index in [1.807, 2.05) is 23.9 Å². The first-order chi connectivity index (χ1) is 9.15. The summed E-state index contributed by atoms with van der Waals surface area (Å²) >= 11 is 1.93. The van der Waals surface area contributed by atoms with E-state index >= 15 is 0 Å².